The van der Waals surface area contributed by atoms with Crippen LogP contribution in [0.15, 0.2) is 60.7 Å². The van der Waals surface area contributed by atoms with Gasteiger partial charge >= 0.3 is 0 Å². The van der Waals surface area contributed by atoms with E-state index in [-0.39, 0.29) is 17.9 Å². The molecule has 26 heavy (non-hydrogen) atoms. The fourth-order valence-electron chi connectivity index (χ4n) is 3.37. The number of ether oxygens (including phenoxy) is 1. The lowest BCUT2D eigenvalue weighted by molar-refractivity contribution is -0.122. The third kappa shape index (κ3) is 5.68. The van der Waals surface area contributed by atoms with E-state index < -0.39 is 0 Å². The van der Waals surface area contributed by atoms with Crippen LogP contribution < -0.4 is 5.32 Å². The highest BCUT2D eigenvalue weighted by atomic mass is 16.5. The highest BCUT2D eigenvalue weighted by molar-refractivity contribution is 5.76. The molecule has 0 bridgehead atoms. The molecule has 1 heterocycles. The van der Waals surface area contributed by atoms with Crippen LogP contribution in [0.5, 0.6) is 0 Å². The van der Waals surface area contributed by atoms with Crippen molar-refractivity contribution in [2.24, 2.45) is 0 Å². The van der Waals surface area contributed by atoms with Crippen LogP contribution in [0.2, 0.25) is 0 Å². The van der Waals surface area contributed by atoms with Crippen LogP contribution in [0.3, 0.4) is 0 Å². The largest absolute Gasteiger partial charge is 0.374 e. The third-order valence-electron chi connectivity index (χ3n) is 4.86. The molecular weight excluding hydrogens is 324 g/mol. The molecule has 0 radical (unpaired) electrons. The van der Waals surface area contributed by atoms with E-state index in [0.717, 1.165) is 19.6 Å². The van der Waals surface area contributed by atoms with Crippen LogP contribution in [0.25, 0.3) is 0 Å². The summed E-state index contributed by atoms with van der Waals surface area (Å²) < 4.78 is 5.83. The van der Waals surface area contributed by atoms with E-state index in [1.54, 1.807) is 0 Å². The zero-order chi connectivity index (χ0) is 18.2. The van der Waals surface area contributed by atoms with Crippen LogP contribution in [0.4, 0.5) is 0 Å². The normalized spacial score (nSPS) is 19.0. The van der Waals surface area contributed by atoms with Crippen molar-refractivity contribution >= 4 is 5.91 Å². The Labute approximate surface area is 156 Å². The van der Waals surface area contributed by atoms with Gasteiger partial charge in [-0.2, -0.15) is 0 Å². The molecule has 1 amide bonds. The van der Waals surface area contributed by atoms with Crippen molar-refractivity contribution in [2.45, 2.75) is 31.9 Å². The summed E-state index contributed by atoms with van der Waals surface area (Å²) in [5, 5.41) is 3.05. The number of benzene rings is 2. The summed E-state index contributed by atoms with van der Waals surface area (Å²) in [6, 6.07) is 20.7. The number of morpholine rings is 1. The van der Waals surface area contributed by atoms with E-state index in [4.69, 9.17) is 4.74 Å². The van der Waals surface area contributed by atoms with Gasteiger partial charge in [0, 0.05) is 32.6 Å². The number of rotatable bonds is 7. The molecule has 1 saturated heterocycles. The summed E-state index contributed by atoms with van der Waals surface area (Å²) in [5.41, 5.74) is 2.51. The van der Waals surface area contributed by atoms with Crippen molar-refractivity contribution in [1.29, 1.82) is 0 Å². The predicted octanol–water partition coefficient (Wildman–Crippen LogP) is 3.20. The monoisotopic (exact) mass is 352 g/mol. The van der Waals surface area contributed by atoms with Crippen LogP contribution in [0.1, 0.15) is 30.4 Å². The Kier molecular flexibility index (Phi) is 6.81. The number of nitrogens with one attached hydrogen (secondary N) is 1. The van der Waals surface area contributed by atoms with Gasteiger partial charge in [-0.25, -0.2) is 0 Å². The van der Waals surface area contributed by atoms with Gasteiger partial charge < -0.3 is 10.1 Å². The predicted molar refractivity (Wildman–Crippen MR) is 104 cm³/mol. The second-order valence-corrected chi connectivity index (χ2v) is 7.03. The number of nitrogens with zero attached hydrogens (tertiary/aromatic N) is 1. The van der Waals surface area contributed by atoms with E-state index in [2.05, 4.69) is 53.5 Å². The van der Waals surface area contributed by atoms with Crippen molar-refractivity contribution in [1.82, 2.24) is 10.2 Å². The van der Waals surface area contributed by atoms with Gasteiger partial charge in [-0.3, -0.25) is 9.69 Å². The zero-order valence-corrected chi connectivity index (χ0v) is 15.4. The van der Waals surface area contributed by atoms with Gasteiger partial charge in [-0.05, 0) is 17.0 Å². The average molecular weight is 352 g/mol. The van der Waals surface area contributed by atoms with E-state index in [9.17, 15) is 4.79 Å². The minimum atomic E-state index is 0.0587. The van der Waals surface area contributed by atoms with Gasteiger partial charge in [0.2, 0.25) is 5.91 Å². The lowest BCUT2D eigenvalue weighted by atomic mass is 9.97. The Morgan fingerprint density at radius 3 is 2.58 bits per heavy atom. The summed E-state index contributed by atoms with van der Waals surface area (Å²) in [7, 11) is 0. The summed E-state index contributed by atoms with van der Waals surface area (Å²) in [5.74, 6) is 0.309. The molecule has 2 unspecified atom stereocenters. The maximum absolute atomic E-state index is 12.3. The molecular formula is C22H28N2O2. The Hall–Kier alpha value is -2.17. The molecule has 4 nitrogen and oxygen atoms in total. The quantitative estimate of drug-likeness (QED) is 0.832. The van der Waals surface area contributed by atoms with Crippen molar-refractivity contribution in [3.8, 4) is 0 Å². The molecule has 2 atom stereocenters. The Balaban J connectivity index is 1.41. The van der Waals surface area contributed by atoms with Gasteiger partial charge in [-0.15, -0.1) is 0 Å². The minimum absolute atomic E-state index is 0.0587. The molecule has 4 heteroatoms. The number of hydrogen-bond donors (Lipinski definition) is 1. The molecule has 1 fully saturated rings. The van der Waals surface area contributed by atoms with Gasteiger partial charge in [0.05, 0.1) is 12.7 Å². The van der Waals surface area contributed by atoms with Gasteiger partial charge in [-0.1, -0.05) is 67.6 Å². The van der Waals surface area contributed by atoms with Crippen molar-refractivity contribution < 1.29 is 9.53 Å². The summed E-state index contributed by atoms with van der Waals surface area (Å²) >= 11 is 0. The van der Waals surface area contributed by atoms with Crippen LogP contribution in [0, 0.1) is 0 Å². The van der Waals surface area contributed by atoms with Crippen molar-refractivity contribution in [3.63, 3.8) is 0 Å². The van der Waals surface area contributed by atoms with E-state index in [1.807, 2.05) is 24.3 Å². The number of carbonyl (C=O) groups excluding carboxylic acids is 1. The van der Waals surface area contributed by atoms with Crippen molar-refractivity contribution in [2.75, 3.05) is 26.2 Å². The standard InChI is InChI=1S/C22H28N2O2/c1-18(20-10-6-3-7-11-20)14-22(25)23-15-21-17-24(12-13-26-21)16-19-8-4-2-5-9-19/h2-11,18,21H,12-17H2,1H3,(H,23,25). The summed E-state index contributed by atoms with van der Waals surface area (Å²) in [6.45, 7) is 6.10. The van der Waals surface area contributed by atoms with Gasteiger partial charge in [0.1, 0.15) is 0 Å². The first-order valence-corrected chi connectivity index (χ1v) is 9.40. The Morgan fingerprint density at radius 2 is 1.85 bits per heavy atom. The maximum atomic E-state index is 12.3. The lowest BCUT2D eigenvalue weighted by Crippen LogP contribution is -2.47. The zero-order valence-electron chi connectivity index (χ0n) is 15.4. The molecule has 0 aliphatic carbocycles. The Bertz CT molecular complexity index is 675. The van der Waals surface area contributed by atoms with Crippen molar-refractivity contribution in [3.05, 3.63) is 71.8 Å². The van der Waals surface area contributed by atoms with Crippen LogP contribution >= 0.6 is 0 Å². The van der Waals surface area contributed by atoms with E-state index in [0.29, 0.717) is 19.6 Å². The number of amides is 1. The minimum Gasteiger partial charge on any atom is -0.374 e. The summed E-state index contributed by atoms with van der Waals surface area (Å²) in [6.07, 6.45) is 0.563. The second kappa shape index (κ2) is 9.51. The molecule has 0 saturated carbocycles. The fraction of sp³-hybridized carbons (Fsp3) is 0.409. The molecule has 0 spiro atoms. The Morgan fingerprint density at radius 1 is 1.15 bits per heavy atom. The van der Waals surface area contributed by atoms with Gasteiger partial charge in [0.25, 0.3) is 0 Å². The molecule has 3 rings (SSSR count). The first kappa shape index (κ1) is 18.6. The fourth-order valence-corrected chi connectivity index (χ4v) is 3.37. The SMILES string of the molecule is CC(CC(=O)NCC1CN(Cc2ccccc2)CCO1)c1ccccc1. The average Bonchev–Trinajstić information content (AvgIpc) is 2.68. The lowest BCUT2D eigenvalue weighted by Gasteiger charge is -2.33. The first-order chi connectivity index (χ1) is 12.7. The highest BCUT2D eigenvalue weighted by Crippen LogP contribution is 2.18. The van der Waals surface area contributed by atoms with Gasteiger partial charge in [0.15, 0.2) is 0 Å². The van der Waals surface area contributed by atoms with Crippen LogP contribution in [-0.2, 0) is 16.1 Å². The smallest absolute Gasteiger partial charge is 0.220 e. The number of hydrogen-bond acceptors (Lipinski definition) is 3. The topological polar surface area (TPSA) is 41.6 Å². The second-order valence-electron chi connectivity index (χ2n) is 7.03. The molecule has 0 aromatic heterocycles. The summed E-state index contributed by atoms with van der Waals surface area (Å²) in [4.78, 5) is 14.7. The molecule has 1 aliphatic rings. The van der Waals surface area contributed by atoms with E-state index >= 15 is 0 Å². The third-order valence-corrected chi connectivity index (χ3v) is 4.86. The molecule has 1 N–H and O–H groups in total. The first-order valence-electron chi connectivity index (χ1n) is 9.40. The molecule has 1 aliphatic heterocycles. The maximum Gasteiger partial charge on any atom is 0.220 e. The van der Waals surface area contributed by atoms with E-state index in [1.165, 1.54) is 11.1 Å². The molecule has 2 aromatic rings. The molecule has 138 valence electrons. The van der Waals surface area contributed by atoms with Crippen LogP contribution in [-0.4, -0.2) is 43.2 Å². The number of carbonyl (C=O) groups is 1. The highest BCUT2D eigenvalue weighted by Gasteiger charge is 2.21. The molecule has 2 aromatic carbocycles.